The molecule has 0 saturated carbocycles. The number of aliphatic carboxylic acids is 1. The molecule has 0 N–H and O–H groups in total. The molecule has 0 unspecified atom stereocenters. The van der Waals surface area contributed by atoms with Gasteiger partial charge in [0.15, 0.2) is 0 Å². The van der Waals surface area contributed by atoms with Crippen LogP contribution >= 0.6 is 35.6 Å². The number of carbonyl (C=O) groups is 2. The molecule has 1 fully saturated rings. The lowest BCUT2D eigenvalue weighted by Crippen LogP contribution is -2.29. The predicted molar refractivity (Wildman–Crippen MR) is 104 cm³/mol. The van der Waals surface area contributed by atoms with E-state index < -0.39 is 5.97 Å². The molecule has 1 heterocycles. The number of amides is 1. The lowest BCUT2D eigenvalue weighted by Gasteiger charge is -2.14. The van der Waals surface area contributed by atoms with Gasteiger partial charge in [0, 0.05) is 17.5 Å². The van der Waals surface area contributed by atoms with Crippen LogP contribution in [-0.2, 0) is 9.59 Å². The molecule has 0 aliphatic carbocycles. The fourth-order valence-corrected chi connectivity index (χ4v) is 3.88. The Labute approximate surface area is 161 Å². The Morgan fingerprint density at radius 3 is 2.64 bits per heavy atom. The number of thiocarbonyl (C=S) groups is 1. The summed E-state index contributed by atoms with van der Waals surface area (Å²) in [6.45, 7) is 0.481. The molecule has 2 rings (SSSR count). The van der Waals surface area contributed by atoms with Crippen LogP contribution in [0.25, 0.3) is 6.08 Å². The quantitative estimate of drug-likeness (QED) is 0.384. The number of allylic oxidation sites excluding steroid dienone is 2. The number of rotatable bonds is 8. The minimum Gasteiger partial charge on any atom is -0.550 e. The fraction of sp³-hybridized carbons (Fsp3) is 0.278. The highest BCUT2D eigenvalue weighted by Gasteiger charge is 2.31. The highest BCUT2D eigenvalue weighted by molar-refractivity contribution is 8.26. The van der Waals surface area contributed by atoms with Crippen molar-refractivity contribution in [3.05, 3.63) is 51.9 Å². The van der Waals surface area contributed by atoms with E-state index >= 15 is 0 Å². The molecule has 0 bridgehead atoms. The van der Waals surface area contributed by atoms with Crippen molar-refractivity contribution in [1.29, 1.82) is 0 Å². The molecule has 0 atom stereocenters. The van der Waals surface area contributed by atoms with E-state index in [-0.39, 0.29) is 12.3 Å². The van der Waals surface area contributed by atoms with Crippen molar-refractivity contribution >= 4 is 57.9 Å². The van der Waals surface area contributed by atoms with Crippen LogP contribution in [0.3, 0.4) is 0 Å². The molecule has 7 heteroatoms. The lowest BCUT2D eigenvalue weighted by molar-refractivity contribution is -0.305. The molecule has 0 aromatic heterocycles. The van der Waals surface area contributed by atoms with Crippen molar-refractivity contribution in [1.82, 2.24) is 4.90 Å². The van der Waals surface area contributed by atoms with Crippen molar-refractivity contribution < 1.29 is 14.7 Å². The molecule has 0 spiro atoms. The van der Waals surface area contributed by atoms with Gasteiger partial charge in [-0.05, 0) is 37.0 Å². The summed E-state index contributed by atoms with van der Waals surface area (Å²) < 4.78 is 0.500. The Bertz CT molecular complexity index is 716. The van der Waals surface area contributed by atoms with Crippen LogP contribution < -0.4 is 5.11 Å². The van der Waals surface area contributed by atoms with Gasteiger partial charge in [-0.15, -0.1) is 0 Å². The van der Waals surface area contributed by atoms with Crippen LogP contribution in [0.15, 0.2) is 46.3 Å². The number of hydrogen-bond acceptors (Lipinski definition) is 5. The number of benzene rings is 1. The summed E-state index contributed by atoms with van der Waals surface area (Å²) in [6.07, 6.45) is 5.40. The molecule has 1 saturated heterocycles. The monoisotopic (exact) mass is 394 g/mol. The first kappa shape index (κ1) is 19.7. The molecular weight excluding hydrogens is 378 g/mol. The molecule has 132 valence electrons. The van der Waals surface area contributed by atoms with Gasteiger partial charge in [-0.1, -0.05) is 72.3 Å². The maximum atomic E-state index is 12.4. The standard InChI is InChI=1S/C18H18ClNO3S2/c19-14(11-13-7-3-1-4-8-13)12-15-17(23)20(18(24)25-15)10-6-2-5-9-16(21)22/h1,3-4,7-8,11-12H,2,5-6,9-10H2,(H,21,22)/p-1/b14-11-,15-12?. The molecule has 1 aromatic rings. The average Bonchev–Trinajstić information content (AvgIpc) is 2.82. The third-order valence-corrected chi connectivity index (χ3v) is 5.11. The first-order valence-electron chi connectivity index (χ1n) is 7.85. The second-order valence-electron chi connectivity index (χ2n) is 5.46. The van der Waals surface area contributed by atoms with Crippen LogP contribution in [-0.4, -0.2) is 27.6 Å². The SMILES string of the molecule is O=C([O-])CCCCCN1C(=O)C(=C/C(Cl)=C/c2ccccc2)SC1=S. The summed E-state index contributed by atoms with van der Waals surface area (Å²) in [5.41, 5.74) is 0.951. The van der Waals surface area contributed by atoms with Crippen molar-refractivity contribution in [2.45, 2.75) is 25.7 Å². The van der Waals surface area contributed by atoms with E-state index in [0.29, 0.717) is 40.1 Å². The Hall–Kier alpha value is -1.63. The van der Waals surface area contributed by atoms with Gasteiger partial charge in [0.2, 0.25) is 0 Å². The Balaban J connectivity index is 1.93. The number of halogens is 1. The Kier molecular flexibility index (Phi) is 7.68. The van der Waals surface area contributed by atoms with Crippen LogP contribution in [0.4, 0.5) is 0 Å². The molecule has 1 amide bonds. The highest BCUT2D eigenvalue weighted by Crippen LogP contribution is 2.33. The maximum Gasteiger partial charge on any atom is 0.266 e. The van der Waals surface area contributed by atoms with Crippen molar-refractivity contribution in [3.63, 3.8) is 0 Å². The zero-order valence-corrected chi connectivity index (χ0v) is 15.8. The van der Waals surface area contributed by atoms with Crippen molar-refractivity contribution in [2.24, 2.45) is 0 Å². The molecule has 25 heavy (non-hydrogen) atoms. The molecular formula is C18H17ClNO3S2-. The largest absolute Gasteiger partial charge is 0.550 e. The maximum absolute atomic E-state index is 12.4. The van der Waals surface area contributed by atoms with Gasteiger partial charge in [0.05, 0.1) is 4.91 Å². The van der Waals surface area contributed by atoms with Crippen LogP contribution in [0.1, 0.15) is 31.2 Å². The first-order chi connectivity index (χ1) is 12.0. The van der Waals surface area contributed by atoms with E-state index in [2.05, 4.69) is 0 Å². The summed E-state index contributed by atoms with van der Waals surface area (Å²) in [7, 11) is 0. The predicted octanol–water partition coefficient (Wildman–Crippen LogP) is 3.32. The summed E-state index contributed by atoms with van der Waals surface area (Å²) >= 11 is 12.7. The van der Waals surface area contributed by atoms with E-state index in [1.165, 1.54) is 16.7 Å². The topological polar surface area (TPSA) is 60.4 Å². The summed E-state index contributed by atoms with van der Waals surface area (Å²) in [5.74, 6) is -1.21. The van der Waals surface area contributed by atoms with Gasteiger partial charge < -0.3 is 9.90 Å². The van der Waals surface area contributed by atoms with Gasteiger partial charge in [0.25, 0.3) is 5.91 Å². The minimum absolute atomic E-state index is 0.0399. The molecule has 1 aliphatic heterocycles. The molecule has 0 radical (unpaired) electrons. The van der Waals surface area contributed by atoms with Gasteiger partial charge in [-0.2, -0.15) is 0 Å². The average molecular weight is 395 g/mol. The van der Waals surface area contributed by atoms with Crippen molar-refractivity contribution in [2.75, 3.05) is 6.54 Å². The Morgan fingerprint density at radius 2 is 1.96 bits per heavy atom. The van der Waals surface area contributed by atoms with E-state index in [9.17, 15) is 14.7 Å². The van der Waals surface area contributed by atoms with E-state index in [1.807, 2.05) is 30.3 Å². The summed E-state index contributed by atoms with van der Waals surface area (Å²) in [6, 6.07) is 9.59. The highest BCUT2D eigenvalue weighted by atomic mass is 35.5. The molecule has 1 aromatic carbocycles. The minimum atomic E-state index is -1.05. The second-order valence-corrected chi connectivity index (χ2v) is 7.57. The number of carboxylic acids is 1. The van der Waals surface area contributed by atoms with Gasteiger partial charge in [-0.3, -0.25) is 9.69 Å². The number of thioether (sulfide) groups is 1. The summed E-state index contributed by atoms with van der Waals surface area (Å²) in [5, 5.41) is 10.8. The lowest BCUT2D eigenvalue weighted by atomic mass is 10.2. The molecule has 1 aliphatic rings. The van der Waals surface area contributed by atoms with Gasteiger partial charge >= 0.3 is 0 Å². The van der Waals surface area contributed by atoms with E-state index in [4.69, 9.17) is 23.8 Å². The third kappa shape index (κ3) is 6.30. The third-order valence-electron chi connectivity index (χ3n) is 3.51. The van der Waals surface area contributed by atoms with Gasteiger partial charge in [-0.25, -0.2) is 0 Å². The number of hydrogen-bond donors (Lipinski definition) is 0. The summed E-state index contributed by atoms with van der Waals surface area (Å²) in [4.78, 5) is 24.8. The van der Waals surface area contributed by atoms with Crippen molar-refractivity contribution in [3.8, 4) is 0 Å². The number of unbranched alkanes of at least 4 members (excludes halogenated alkanes) is 2. The van der Waals surface area contributed by atoms with Crippen LogP contribution in [0, 0.1) is 0 Å². The van der Waals surface area contributed by atoms with Gasteiger partial charge in [0.1, 0.15) is 4.32 Å². The van der Waals surface area contributed by atoms with E-state index in [0.717, 1.165) is 5.56 Å². The fourth-order valence-electron chi connectivity index (χ4n) is 2.28. The first-order valence-corrected chi connectivity index (χ1v) is 9.45. The second kappa shape index (κ2) is 9.75. The zero-order chi connectivity index (χ0) is 18.2. The number of carboxylic acid groups (broad SMARTS) is 1. The zero-order valence-electron chi connectivity index (χ0n) is 13.4. The normalized spacial score (nSPS) is 16.8. The smallest absolute Gasteiger partial charge is 0.266 e. The number of nitrogens with zero attached hydrogens (tertiary/aromatic N) is 1. The number of carbonyl (C=O) groups excluding carboxylic acids is 2. The molecule has 4 nitrogen and oxygen atoms in total. The van der Waals surface area contributed by atoms with Crippen LogP contribution in [0.2, 0.25) is 0 Å². The van der Waals surface area contributed by atoms with Crippen LogP contribution in [0.5, 0.6) is 0 Å². The Morgan fingerprint density at radius 1 is 1.24 bits per heavy atom. The van der Waals surface area contributed by atoms with E-state index in [1.54, 1.807) is 12.2 Å².